The van der Waals surface area contributed by atoms with Crippen molar-refractivity contribution in [2.24, 2.45) is 11.8 Å². The highest BCUT2D eigenvalue weighted by Gasteiger charge is 2.27. The summed E-state index contributed by atoms with van der Waals surface area (Å²) in [5.74, 6) is -0.264. The van der Waals surface area contributed by atoms with Gasteiger partial charge in [-0.2, -0.15) is 0 Å². The van der Waals surface area contributed by atoms with Crippen LogP contribution in [0.25, 0.3) is 0 Å². The molecule has 0 saturated carbocycles. The predicted octanol–water partition coefficient (Wildman–Crippen LogP) is 2.49. The Labute approximate surface area is 190 Å². The zero-order valence-corrected chi connectivity index (χ0v) is 18.5. The molecule has 0 bridgehead atoms. The lowest BCUT2D eigenvalue weighted by Gasteiger charge is -2.14. The Morgan fingerprint density at radius 3 is 2.59 bits per heavy atom. The molecule has 0 aliphatic heterocycles. The number of rotatable bonds is 14. The highest BCUT2D eigenvalue weighted by molar-refractivity contribution is 5.95. The molecule has 6 nitrogen and oxygen atoms in total. The van der Waals surface area contributed by atoms with E-state index >= 15 is 0 Å². The lowest BCUT2D eigenvalue weighted by Crippen LogP contribution is -2.39. The summed E-state index contributed by atoms with van der Waals surface area (Å²) in [6, 6.07) is 9.43. The van der Waals surface area contributed by atoms with Crippen molar-refractivity contribution in [2.45, 2.75) is 50.7 Å². The molecule has 0 unspecified atom stereocenters. The van der Waals surface area contributed by atoms with Gasteiger partial charge in [-0.25, -0.2) is 0 Å². The molecule has 0 radical (unpaired) electrons. The Morgan fingerprint density at radius 2 is 1.88 bits per heavy atom. The number of aliphatic hydroxyl groups is 3. The molecule has 1 aliphatic rings. The van der Waals surface area contributed by atoms with Gasteiger partial charge in [-0.05, 0) is 43.7 Å². The fraction of sp³-hybridized carbons (Fsp3) is 0.462. The van der Waals surface area contributed by atoms with Crippen molar-refractivity contribution in [3.63, 3.8) is 0 Å². The molecule has 174 valence electrons. The second-order valence-corrected chi connectivity index (χ2v) is 8.15. The molecule has 6 heteroatoms. The monoisotopic (exact) mass is 441 g/mol. The van der Waals surface area contributed by atoms with Gasteiger partial charge < -0.3 is 20.6 Å². The number of benzene rings is 1. The fourth-order valence-corrected chi connectivity index (χ4v) is 3.63. The van der Waals surface area contributed by atoms with Crippen molar-refractivity contribution in [1.82, 2.24) is 5.32 Å². The summed E-state index contributed by atoms with van der Waals surface area (Å²) in [4.78, 5) is 23.9. The van der Waals surface area contributed by atoms with Crippen molar-refractivity contribution in [1.29, 1.82) is 0 Å². The van der Waals surface area contributed by atoms with Crippen LogP contribution in [0.2, 0.25) is 0 Å². The minimum atomic E-state index is -0.610. The number of aliphatic hydroxyl groups excluding tert-OH is 3. The quantitative estimate of drug-likeness (QED) is 0.262. The van der Waals surface area contributed by atoms with Crippen LogP contribution in [0.5, 0.6) is 0 Å². The summed E-state index contributed by atoms with van der Waals surface area (Å²) in [5, 5.41) is 30.8. The average Bonchev–Trinajstić information content (AvgIpc) is 3.16. The van der Waals surface area contributed by atoms with Crippen LogP contribution in [0.15, 0.2) is 66.8 Å². The van der Waals surface area contributed by atoms with E-state index in [1.165, 1.54) is 5.56 Å². The third-order valence-corrected chi connectivity index (χ3v) is 5.58. The van der Waals surface area contributed by atoms with Crippen molar-refractivity contribution in [2.75, 3.05) is 13.2 Å². The molecule has 0 spiro atoms. The highest BCUT2D eigenvalue weighted by Crippen LogP contribution is 2.27. The number of hydrogen-bond donors (Lipinski definition) is 4. The second-order valence-electron chi connectivity index (χ2n) is 8.15. The summed E-state index contributed by atoms with van der Waals surface area (Å²) < 4.78 is 0. The Kier molecular flexibility index (Phi) is 11.7. The molecule has 1 aromatic carbocycles. The van der Waals surface area contributed by atoms with Gasteiger partial charge in [0, 0.05) is 18.3 Å². The van der Waals surface area contributed by atoms with E-state index in [2.05, 4.69) is 5.32 Å². The average molecular weight is 442 g/mol. The van der Waals surface area contributed by atoms with Crippen LogP contribution in [0, 0.1) is 11.8 Å². The standard InChI is InChI=1S/C26H35NO5/c28-18-22(19-29)27-26(32)11-7-2-1-6-10-24-21(14-17-25(24)31)13-16-23(30)15-12-20-8-4-3-5-9-20/h1,3-6,8-9,13-14,16-17,21-24,28-30H,2,7,10-12,15,18-19H2,(H,27,32)/t21-,23-,24+/m0/s1. The van der Waals surface area contributed by atoms with Gasteiger partial charge in [-0.3, -0.25) is 9.59 Å². The van der Waals surface area contributed by atoms with Gasteiger partial charge in [0.1, 0.15) is 0 Å². The van der Waals surface area contributed by atoms with Gasteiger partial charge in [-0.1, -0.05) is 60.7 Å². The van der Waals surface area contributed by atoms with Crippen LogP contribution in [-0.4, -0.2) is 52.4 Å². The number of allylic oxidation sites excluding steroid dienone is 5. The lowest BCUT2D eigenvalue weighted by atomic mass is 9.90. The zero-order chi connectivity index (χ0) is 23.2. The Morgan fingerprint density at radius 1 is 1.12 bits per heavy atom. The molecule has 0 saturated heterocycles. The number of ketones is 1. The van der Waals surface area contributed by atoms with Crippen LogP contribution >= 0.6 is 0 Å². The molecule has 3 atom stereocenters. The molecule has 2 rings (SSSR count). The smallest absolute Gasteiger partial charge is 0.220 e. The van der Waals surface area contributed by atoms with Gasteiger partial charge in [0.25, 0.3) is 0 Å². The number of aryl methyl sites for hydroxylation is 1. The third-order valence-electron chi connectivity index (χ3n) is 5.58. The number of nitrogens with one attached hydrogen (secondary N) is 1. The maximum Gasteiger partial charge on any atom is 0.220 e. The third kappa shape index (κ3) is 9.30. The van der Waals surface area contributed by atoms with Gasteiger partial charge in [0.15, 0.2) is 5.78 Å². The number of amides is 1. The van der Waals surface area contributed by atoms with Gasteiger partial charge in [0.05, 0.1) is 25.4 Å². The predicted molar refractivity (Wildman–Crippen MR) is 125 cm³/mol. The summed E-state index contributed by atoms with van der Waals surface area (Å²) >= 11 is 0. The molecule has 1 aliphatic carbocycles. The van der Waals surface area contributed by atoms with Crippen LogP contribution in [0.1, 0.15) is 37.7 Å². The van der Waals surface area contributed by atoms with Crippen LogP contribution in [0.4, 0.5) is 0 Å². The van der Waals surface area contributed by atoms with Gasteiger partial charge >= 0.3 is 0 Å². The van der Waals surface area contributed by atoms with E-state index in [1.54, 1.807) is 12.2 Å². The summed E-state index contributed by atoms with van der Waals surface area (Å²) in [7, 11) is 0. The highest BCUT2D eigenvalue weighted by atomic mass is 16.3. The van der Waals surface area contributed by atoms with E-state index in [0.717, 1.165) is 6.42 Å². The first-order valence-corrected chi connectivity index (χ1v) is 11.3. The number of carbonyl (C=O) groups is 2. The van der Waals surface area contributed by atoms with Gasteiger partial charge in [0.2, 0.25) is 5.91 Å². The van der Waals surface area contributed by atoms with E-state index < -0.39 is 12.1 Å². The minimum Gasteiger partial charge on any atom is -0.394 e. The summed E-state index contributed by atoms with van der Waals surface area (Å²) in [5.41, 5.74) is 1.19. The van der Waals surface area contributed by atoms with Gasteiger partial charge in [-0.15, -0.1) is 0 Å². The first kappa shape index (κ1) is 25.7. The molecule has 0 heterocycles. The number of unbranched alkanes of at least 4 members (excludes halogenated alkanes) is 1. The molecular formula is C26H35NO5. The Bertz CT molecular complexity index is 783. The van der Waals surface area contributed by atoms with Crippen molar-refractivity contribution in [3.05, 3.63) is 72.4 Å². The van der Waals surface area contributed by atoms with Crippen LogP contribution < -0.4 is 5.32 Å². The molecule has 0 aromatic heterocycles. The first-order valence-electron chi connectivity index (χ1n) is 11.3. The second kappa shape index (κ2) is 14.5. The Balaban J connectivity index is 1.69. The molecule has 32 heavy (non-hydrogen) atoms. The first-order chi connectivity index (χ1) is 15.5. The maximum absolute atomic E-state index is 12.2. The SMILES string of the molecule is O=C(CCCC=CC[C@H]1C(=O)C=C[C@@H]1C=C[C@@H](O)CCc1ccccc1)NC(CO)CO. The Hall–Kier alpha value is -2.54. The maximum atomic E-state index is 12.2. The fourth-order valence-electron chi connectivity index (χ4n) is 3.63. The molecule has 4 N–H and O–H groups in total. The van der Waals surface area contributed by atoms with E-state index in [0.29, 0.717) is 32.1 Å². The summed E-state index contributed by atoms with van der Waals surface area (Å²) in [6.45, 7) is -0.573. The van der Waals surface area contributed by atoms with Crippen molar-refractivity contribution in [3.8, 4) is 0 Å². The molecule has 1 aromatic rings. The van der Waals surface area contributed by atoms with Crippen molar-refractivity contribution >= 4 is 11.7 Å². The normalized spacial score (nSPS) is 19.4. The zero-order valence-electron chi connectivity index (χ0n) is 18.5. The van der Waals surface area contributed by atoms with E-state index in [9.17, 15) is 14.7 Å². The lowest BCUT2D eigenvalue weighted by molar-refractivity contribution is -0.122. The topological polar surface area (TPSA) is 107 Å². The van der Waals surface area contributed by atoms with E-state index in [-0.39, 0.29) is 36.7 Å². The molecule has 1 amide bonds. The van der Waals surface area contributed by atoms with Crippen LogP contribution in [-0.2, 0) is 16.0 Å². The molecular weight excluding hydrogens is 406 g/mol. The van der Waals surface area contributed by atoms with Crippen molar-refractivity contribution < 1.29 is 24.9 Å². The number of carbonyl (C=O) groups excluding carboxylic acids is 2. The van der Waals surface area contributed by atoms with E-state index in [1.807, 2.05) is 54.6 Å². The van der Waals surface area contributed by atoms with Crippen LogP contribution in [0.3, 0.4) is 0 Å². The summed E-state index contributed by atoms with van der Waals surface area (Å²) in [6.07, 6.45) is 14.4. The van der Waals surface area contributed by atoms with E-state index in [4.69, 9.17) is 10.2 Å². The minimum absolute atomic E-state index is 0.0156. The molecule has 0 fully saturated rings. The largest absolute Gasteiger partial charge is 0.394 e. The number of hydrogen-bond acceptors (Lipinski definition) is 5.